The Kier molecular flexibility index (Phi) is 5.44. The van der Waals surface area contributed by atoms with Gasteiger partial charge in [0.05, 0.1) is 23.3 Å². The van der Waals surface area contributed by atoms with Crippen LogP contribution in [0.25, 0.3) is 75.5 Å². The number of furan rings is 1. The molecule has 0 spiro atoms. The van der Waals surface area contributed by atoms with Crippen molar-refractivity contribution in [2.45, 2.75) is 0 Å². The Morgan fingerprint density at radius 1 is 0.476 bits per heavy atom. The van der Waals surface area contributed by atoms with Gasteiger partial charge in [0, 0.05) is 30.9 Å². The number of para-hydroxylation sites is 1. The normalized spacial score (nSPS) is 11.3. The quantitative estimate of drug-likeness (QED) is 0.219. The molecule has 6 aromatic carbocycles. The molecule has 0 aliphatic heterocycles. The molecule has 2 heterocycles. The second-order valence-corrected chi connectivity index (χ2v) is 11.5. The van der Waals surface area contributed by atoms with Crippen molar-refractivity contribution in [1.29, 1.82) is 10.5 Å². The maximum absolute atomic E-state index is 9.69. The van der Waals surface area contributed by atoms with Gasteiger partial charge in [0.2, 0.25) is 0 Å². The van der Waals surface area contributed by atoms with E-state index in [-0.39, 0.29) is 0 Å². The van der Waals surface area contributed by atoms with E-state index in [1.54, 1.807) is 17.4 Å². The van der Waals surface area contributed by atoms with Gasteiger partial charge in [-0.05, 0) is 100 Å². The van der Waals surface area contributed by atoms with Gasteiger partial charge in [-0.3, -0.25) is 0 Å². The fourth-order valence-electron chi connectivity index (χ4n) is 5.96. The lowest BCUT2D eigenvalue weighted by Crippen LogP contribution is -1.89. The Hall–Kier alpha value is -5.68. The molecule has 0 unspecified atom stereocenters. The van der Waals surface area contributed by atoms with Gasteiger partial charge in [-0.25, -0.2) is 0 Å². The maximum atomic E-state index is 9.69. The van der Waals surface area contributed by atoms with E-state index in [0.717, 1.165) is 55.3 Å². The van der Waals surface area contributed by atoms with Crippen molar-refractivity contribution in [3.63, 3.8) is 0 Å². The van der Waals surface area contributed by atoms with Crippen LogP contribution in [0.2, 0.25) is 0 Å². The first-order chi connectivity index (χ1) is 20.7. The predicted molar refractivity (Wildman–Crippen MR) is 172 cm³/mol. The fraction of sp³-hybridized carbons (Fsp3) is 0. The van der Waals surface area contributed by atoms with Crippen LogP contribution < -0.4 is 0 Å². The molecule has 0 atom stereocenters. The van der Waals surface area contributed by atoms with Crippen LogP contribution in [0.1, 0.15) is 11.1 Å². The van der Waals surface area contributed by atoms with Crippen LogP contribution in [0, 0.1) is 22.7 Å². The summed E-state index contributed by atoms with van der Waals surface area (Å²) in [6.45, 7) is 0. The highest BCUT2D eigenvalue weighted by Gasteiger charge is 2.16. The minimum atomic E-state index is 0.463. The summed E-state index contributed by atoms with van der Waals surface area (Å²) in [5, 5.41) is 24.0. The predicted octanol–water partition coefficient (Wildman–Crippen LogP) is 10.7. The van der Waals surface area contributed by atoms with E-state index in [2.05, 4.69) is 84.9 Å². The molecule has 0 saturated carbocycles. The Morgan fingerprint density at radius 2 is 1.12 bits per heavy atom. The SMILES string of the molecule is N#Cc1cc(C#N)cc(-c2cc(-c3ccc4sc5ccccc5c4c3)cc(-c3cccc4oc5ccccc5c34)c2)c1. The zero-order valence-corrected chi connectivity index (χ0v) is 23.1. The minimum absolute atomic E-state index is 0.463. The van der Waals surface area contributed by atoms with Crippen molar-refractivity contribution >= 4 is 53.4 Å². The van der Waals surface area contributed by atoms with Crippen molar-refractivity contribution < 1.29 is 4.42 Å². The monoisotopic (exact) mass is 552 g/mol. The summed E-state index contributed by atoms with van der Waals surface area (Å²) in [5.41, 5.74) is 8.67. The lowest BCUT2D eigenvalue weighted by atomic mass is 9.90. The Labute approximate surface area is 245 Å². The second kappa shape index (κ2) is 9.46. The van der Waals surface area contributed by atoms with Gasteiger partial charge < -0.3 is 4.42 Å². The van der Waals surface area contributed by atoms with Crippen molar-refractivity contribution in [3.8, 4) is 45.5 Å². The number of fused-ring (bicyclic) bond motifs is 6. The highest BCUT2D eigenvalue weighted by molar-refractivity contribution is 7.25. The Morgan fingerprint density at radius 3 is 1.93 bits per heavy atom. The van der Waals surface area contributed by atoms with Gasteiger partial charge in [-0.1, -0.05) is 54.6 Å². The zero-order chi connectivity index (χ0) is 28.2. The lowest BCUT2D eigenvalue weighted by Gasteiger charge is -2.13. The number of nitrogens with zero attached hydrogens (tertiary/aromatic N) is 2. The van der Waals surface area contributed by atoms with Crippen LogP contribution in [0.15, 0.2) is 126 Å². The number of thiophene rings is 1. The third-order valence-electron chi connectivity index (χ3n) is 7.88. The van der Waals surface area contributed by atoms with Crippen LogP contribution in [-0.4, -0.2) is 0 Å². The third kappa shape index (κ3) is 3.86. The first kappa shape index (κ1) is 24.1. The summed E-state index contributed by atoms with van der Waals surface area (Å²) >= 11 is 1.81. The highest BCUT2D eigenvalue weighted by Crippen LogP contribution is 2.41. The van der Waals surface area contributed by atoms with Crippen molar-refractivity contribution in [3.05, 3.63) is 132 Å². The van der Waals surface area contributed by atoms with Gasteiger partial charge in [0.15, 0.2) is 0 Å². The second-order valence-electron chi connectivity index (χ2n) is 10.4. The van der Waals surface area contributed by atoms with E-state index in [4.69, 9.17) is 4.42 Å². The molecule has 0 amide bonds. The van der Waals surface area contributed by atoms with Gasteiger partial charge in [0.1, 0.15) is 11.2 Å². The standard InChI is InChI=1S/C38H20N2OS/c39-21-23-14-24(22-40)16-26(15-23)28-17-27(25-12-13-37-33(20-25)31-6-2-4-11-36(31)42-37)18-29(19-28)30-8-5-10-35-38(30)32-7-1-3-9-34(32)41-35/h1-20H. The molecule has 0 fully saturated rings. The molecular weight excluding hydrogens is 532 g/mol. The van der Waals surface area contributed by atoms with E-state index < -0.39 is 0 Å². The lowest BCUT2D eigenvalue weighted by molar-refractivity contribution is 0.669. The van der Waals surface area contributed by atoms with Gasteiger partial charge >= 0.3 is 0 Å². The third-order valence-corrected chi connectivity index (χ3v) is 9.03. The number of nitriles is 2. The summed E-state index contributed by atoms with van der Waals surface area (Å²) < 4.78 is 8.74. The van der Waals surface area contributed by atoms with Crippen molar-refractivity contribution in [2.75, 3.05) is 0 Å². The molecule has 0 saturated heterocycles. The first-order valence-corrected chi connectivity index (χ1v) is 14.4. The van der Waals surface area contributed by atoms with Crippen LogP contribution in [-0.2, 0) is 0 Å². The Bertz CT molecular complexity index is 2420. The van der Waals surface area contributed by atoms with E-state index in [1.807, 2.05) is 42.5 Å². The molecule has 0 aliphatic rings. The maximum Gasteiger partial charge on any atom is 0.136 e. The minimum Gasteiger partial charge on any atom is -0.456 e. The van der Waals surface area contributed by atoms with E-state index >= 15 is 0 Å². The molecular formula is C38H20N2OS. The smallest absolute Gasteiger partial charge is 0.136 e. The first-order valence-electron chi connectivity index (χ1n) is 13.6. The van der Waals surface area contributed by atoms with E-state index in [0.29, 0.717) is 11.1 Å². The van der Waals surface area contributed by atoms with E-state index in [1.165, 1.54) is 20.2 Å². The van der Waals surface area contributed by atoms with Crippen LogP contribution >= 0.6 is 11.3 Å². The number of hydrogen-bond acceptors (Lipinski definition) is 4. The number of benzene rings is 6. The van der Waals surface area contributed by atoms with Gasteiger partial charge in [-0.15, -0.1) is 11.3 Å². The summed E-state index contributed by atoms with van der Waals surface area (Å²) in [6, 6.07) is 45.8. The topological polar surface area (TPSA) is 60.7 Å². The molecule has 0 N–H and O–H groups in total. The van der Waals surface area contributed by atoms with Crippen LogP contribution in [0.4, 0.5) is 0 Å². The van der Waals surface area contributed by atoms with Crippen molar-refractivity contribution in [2.24, 2.45) is 0 Å². The molecule has 194 valence electrons. The summed E-state index contributed by atoms with van der Waals surface area (Å²) in [4.78, 5) is 0. The largest absolute Gasteiger partial charge is 0.456 e. The van der Waals surface area contributed by atoms with Gasteiger partial charge in [-0.2, -0.15) is 10.5 Å². The molecule has 3 nitrogen and oxygen atoms in total. The number of hydrogen-bond donors (Lipinski definition) is 0. The molecule has 0 aliphatic carbocycles. The fourth-order valence-corrected chi connectivity index (χ4v) is 7.05. The summed E-state index contributed by atoms with van der Waals surface area (Å²) in [5.74, 6) is 0. The van der Waals surface area contributed by atoms with Crippen molar-refractivity contribution in [1.82, 2.24) is 0 Å². The average molecular weight is 553 g/mol. The zero-order valence-electron chi connectivity index (χ0n) is 22.3. The van der Waals surface area contributed by atoms with Gasteiger partial charge in [0.25, 0.3) is 0 Å². The molecule has 8 aromatic rings. The highest BCUT2D eigenvalue weighted by atomic mass is 32.1. The van der Waals surface area contributed by atoms with Crippen LogP contribution in [0.5, 0.6) is 0 Å². The molecule has 2 aromatic heterocycles. The van der Waals surface area contributed by atoms with E-state index in [9.17, 15) is 10.5 Å². The Balaban J connectivity index is 1.42. The van der Waals surface area contributed by atoms with Crippen LogP contribution in [0.3, 0.4) is 0 Å². The summed E-state index contributed by atoms with van der Waals surface area (Å²) in [6.07, 6.45) is 0. The molecule has 0 bridgehead atoms. The molecule has 42 heavy (non-hydrogen) atoms. The molecule has 4 heteroatoms. The average Bonchev–Trinajstić information content (AvgIpc) is 3.62. The number of rotatable bonds is 3. The molecule has 8 rings (SSSR count). The summed E-state index contributed by atoms with van der Waals surface area (Å²) in [7, 11) is 0. The molecule has 0 radical (unpaired) electrons.